The van der Waals surface area contributed by atoms with Crippen LogP contribution in [0.1, 0.15) is 32.6 Å². The van der Waals surface area contributed by atoms with E-state index in [4.69, 9.17) is 4.74 Å². The zero-order chi connectivity index (χ0) is 20.0. The summed E-state index contributed by atoms with van der Waals surface area (Å²) in [5, 5.41) is 14.4. The van der Waals surface area contributed by atoms with Crippen LogP contribution in [0.3, 0.4) is 0 Å². The Morgan fingerprint density at radius 2 is 2.10 bits per heavy atom. The number of aromatic nitrogens is 6. The van der Waals surface area contributed by atoms with Crippen molar-refractivity contribution >= 4 is 22.8 Å². The molecule has 0 aliphatic heterocycles. The Morgan fingerprint density at radius 1 is 1.28 bits per heavy atom. The van der Waals surface area contributed by atoms with Crippen molar-refractivity contribution in [1.82, 2.24) is 29.3 Å². The molecule has 3 N–H and O–H groups in total. The maximum absolute atomic E-state index is 10.2. The van der Waals surface area contributed by atoms with E-state index in [1.807, 2.05) is 29.9 Å². The molecule has 4 aromatic rings. The number of nitrogens with one attached hydrogen (secondary N) is 2. The molecule has 9 heteroatoms. The van der Waals surface area contributed by atoms with Gasteiger partial charge < -0.3 is 20.1 Å². The molecule has 1 fully saturated rings. The molecule has 1 saturated carbocycles. The van der Waals surface area contributed by atoms with E-state index in [-0.39, 0.29) is 6.04 Å². The van der Waals surface area contributed by atoms with Crippen LogP contribution in [0.5, 0.6) is 5.88 Å². The lowest BCUT2D eigenvalue weighted by atomic mass is 9.84. The van der Waals surface area contributed by atoms with E-state index in [2.05, 4.69) is 30.2 Å². The molecule has 1 aliphatic carbocycles. The van der Waals surface area contributed by atoms with Gasteiger partial charge in [0.05, 0.1) is 18.1 Å². The van der Waals surface area contributed by atoms with Crippen LogP contribution in [0.4, 0.5) is 5.95 Å². The highest BCUT2D eigenvalue weighted by atomic mass is 16.5. The fourth-order valence-corrected chi connectivity index (χ4v) is 3.96. The summed E-state index contributed by atoms with van der Waals surface area (Å²) in [7, 11) is 1.61. The zero-order valence-electron chi connectivity index (χ0n) is 16.4. The van der Waals surface area contributed by atoms with Crippen LogP contribution in [0.2, 0.25) is 0 Å². The van der Waals surface area contributed by atoms with E-state index in [1.165, 1.54) is 0 Å². The van der Waals surface area contributed by atoms with E-state index in [0.29, 0.717) is 23.3 Å². The van der Waals surface area contributed by atoms with Crippen molar-refractivity contribution in [2.75, 3.05) is 12.4 Å². The molecule has 0 spiro atoms. The van der Waals surface area contributed by atoms with Crippen molar-refractivity contribution in [2.45, 2.75) is 44.2 Å². The minimum absolute atomic E-state index is 0.236. The number of H-pyrrole nitrogens is 1. The Balaban J connectivity index is 1.49. The molecule has 9 nitrogen and oxygen atoms in total. The number of anilines is 1. The Hall–Kier alpha value is -3.20. The van der Waals surface area contributed by atoms with Crippen molar-refractivity contribution in [2.24, 2.45) is 0 Å². The molecule has 4 aromatic heterocycles. The number of fused-ring (bicyclic) bond motifs is 2. The van der Waals surface area contributed by atoms with Gasteiger partial charge in [0.1, 0.15) is 5.65 Å². The number of hydrogen-bond donors (Lipinski definition) is 3. The van der Waals surface area contributed by atoms with Crippen molar-refractivity contribution in [3.05, 3.63) is 31.0 Å². The lowest BCUT2D eigenvalue weighted by molar-refractivity contribution is 0.0195. The highest BCUT2D eigenvalue weighted by molar-refractivity contribution is 5.97. The van der Waals surface area contributed by atoms with E-state index >= 15 is 0 Å². The second-order valence-electron chi connectivity index (χ2n) is 7.88. The summed E-state index contributed by atoms with van der Waals surface area (Å²) in [5.74, 6) is 1.68. The van der Waals surface area contributed by atoms with Gasteiger partial charge in [0, 0.05) is 48.2 Å². The minimum atomic E-state index is -0.570. The first kappa shape index (κ1) is 17.9. The van der Waals surface area contributed by atoms with Crippen LogP contribution in [0, 0.1) is 0 Å². The number of hydrogen-bond acceptors (Lipinski definition) is 7. The quantitative estimate of drug-likeness (QED) is 0.488. The molecule has 0 amide bonds. The average molecular weight is 393 g/mol. The summed E-state index contributed by atoms with van der Waals surface area (Å²) in [6.45, 7) is 1.89. The van der Waals surface area contributed by atoms with Gasteiger partial charge >= 0.3 is 0 Å². The van der Waals surface area contributed by atoms with E-state index in [0.717, 1.165) is 42.2 Å². The number of aromatic amines is 1. The molecule has 4 heterocycles. The Kier molecular flexibility index (Phi) is 4.13. The molecular formula is C20H23N7O2. The summed E-state index contributed by atoms with van der Waals surface area (Å²) in [5.41, 5.74) is 1.96. The summed E-state index contributed by atoms with van der Waals surface area (Å²) < 4.78 is 7.46. The predicted octanol–water partition coefficient (Wildman–Crippen LogP) is 2.78. The van der Waals surface area contributed by atoms with Gasteiger partial charge in [-0.25, -0.2) is 9.97 Å². The topological polar surface area (TPSA) is 113 Å². The lowest BCUT2D eigenvalue weighted by Gasteiger charge is -2.33. The molecule has 0 saturated heterocycles. The monoisotopic (exact) mass is 393 g/mol. The maximum atomic E-state index is 10.2. The van der Waals surface area contributed by atoms with Gasteiger partial charge in [-0.15, -0.1) is 0 Å². The molecule has 5 rings (SSSR count). The van der Waals surface area contributed by atoms with Crippen LogP contribution in [0.25, 0.3) is 27.9 Å². The van der Waals surface area contributed by atoms with Crippen LogP contribution >= 0.6 is 0 Å². The number of ether oxygens (including phenoxy) is 1. The van der Waals surface area contributed by atoms with Gasteiger partial charge in [0.15, 0.2) is 0 Å². The Labute approximate surface area is 167 Å². The van der Waals surface area contributed by atoms with E-state index in [9.17, 15) is 5.11 Å². The Morgan fingerprint density at radius 3 is 2.90 bits per heavy atom. The van der Waals surface area contributed by atoms with Crippen LogP contribution < -0.4 is 10.1 Å². The van der Waals surface area contributed by atoms with Gasteiger partial charge in [0.2, 0.25) is 17.6 Å². The third kappa shape index (κ3) is 3.27. The highest BCUT2D eigenvalue weighted by Gasteiger charge is 2.29. The van der Waals surface area contributed by atoms with Crippen molar-refractivity contribution in [3.8, 4) is 17.0 Å². The second kappa shape index (κ2) is 6.70. The molecule has 0 unspecified atom stereocenters. The first-order chi connectivity index (χ1) is 14.0. The molecule has 1 aliphatic rings. The number of nitrogens with zero attached hydrogens (tertiary/aromatic N) is 5. The normalized spacial score (nSPS) is 22.2. The summed E-state index contributed by atoms with van der Waals surface area (Å²) in [6, 6.07) is 0.236. The SMILES string of the molecule is COc1nc(NC2CCC(C)(O)CC2)nc2[nH]cc(-c3cnc4nccn4c3)c12. The average Bonchev–Trinajstić information content (AvgIpc) is 3.35. The van der Waals surface area contributed by atoms with Crippen LogP contribution in [-0.2, 0) is 0 Å². The Bertz CT molecular complexity index is 1170. The molecule has 150 valence electrons. The first-order valence-corrected chi connectivity index (χ1v) is 9.73. The predicted molar refractivity (Wildman–Crippen MR) is 109 cm³/mol. The van der Waals surface area contributed by atoms with E-state index < -0.39 is 5.60 Å². The molecule has 0 aromatic carbocycles. The fourth-order valence-electron chi connectivity index (χ4n) is 3.96. The molecule has 29 heavy (non-hydrogen) atoms. The van der Waals surface area contributed by atoms with Gasteiger partial charge in [-0.2, -0.15) is 9.97 Å². The number of methoxy groups -OCH3 is 1. The van der Waals surface area contributed by atoms with Crippen LogP contribution in [-0.4, -0.2) is 53.2 Å². The van der Waals surface area contributed by atoms with Gasteiger partial charge in [-0.1, -0.05) is 0 Å². The smallest absolute Gasteiger partial charge is 0.233 e. The minimum Gasteiger partial charge on any atom is -0.480 e. The maximum Gasteiger partial charge on any atom is 0.233 e. The molecular weight excluding hydrogens is 370 g/mol. The van der Waals surface area contributed by atoms with Crippen molar-refractivity contribution in [3.63, 3.8) is 0 Å². The van der Waals surface area contributed by atoms with Crippen molar-refractivity contribution in [1.29, 1.82) is 0 Å². The summed E-state index contributed by atoms with van der Waals surface area (Å²) >= 11 is 0. The lowest BCUT2D eigenvalue weighted by Crippen LogP contribution is -2.36. The largest absolute Gasteiger partial charge is 0.480 e. The van der Waals surface area contributed by atoms with Gasteiger partial charge in [-0.3, -0.25) is 4.40 Å². The third-order valence-corrected chi connectivity index (χ3v) is 5.64. The summed E-state index contributed by atoms with van der Waals surface area (Å²) in [6.07, 6.45) is 12.5. The number of aliphatic hydroxyl groups is 1. The van der Waals surface area contributed by atoms with Crippen molar-refractivity contribution < 1.29 is 9.84 Å². The second-order valence-corrected chi connectivity index (χ2v) is 7.88. The van der Waals surface area contributed by atoms with Gasteiger partial charge in [-0.05, 0) is 32.6 Å². The molecule has 0 atom stereocenters. The van der Waals surface area contributed by atoms with Crippen LogP contribution in [0.15, 0.2) is 31.0 Å². The number of rotatable bonds is 4. The molecule has 0 bridgehead atoms. The first-order valence-electron chi connectivity index (χ1n) is 9.73. The molecule has 0 radical (unpaired) electrons. The fraction of sp³-hybridized carbons (Fsp3) is 0.400. The zero-order valence-corrected chi connectivity index (χ0v) is 16.4. The summed E-state index contributed by atoms with van der Waals surface area (Å²) in [4.78, 5) is 21.1. The van der Waals surface area contributed by atoms with E-state index in [1.54, 1.807) is 19.5 Å². The standard InChI is InChI=1S/C20H23N7O2/c1-20(28)5-3-13(4-6-20)24-18-25-16-15(17(26-18)29-2)14(10-22-16)12-9-23-19-21-7-8-27(19)11-12/h7-11,13,28H,3-6H2,1-2H3,(H2,22,24,25,26). The van der Waals surface area contributed by atoms with Gasteiger partial charge in [0.25, 0.3) is 0 Å². The third-order valence-electron chi connectivity index (χ3n) is 5.64. The highest BCUT2D eigenvalue weighted by Crippen LogP contribution is 2.35. The number of imidazole rings is 1.